The number of hydroxylamine groups is 1. The minimum absolute atomic E-state index is 0.0498. The Balaban J connectivity index is 1.59. The summed E-state index contributed by atoms with van der Waals surface area (Å²) in [4.78, 5) is 14.0. The number of nitrogens with one attached hydrogen (secondary N) is 1. The van der Waals surface area contributed by atoms with Gasteiger partial charge in [0.25, 0.3) is 15.9 Å². The largest absolute Gasteiger partial charge is 0.456 e. The molecule has 1 aromatic heterocycles. The van der Waals surface area contributed by atoms with Crippen molar-refractivity contribution in [2.75, 3.05) is 13.2 Å². The van der Waals surface area contributed by atoms with Crippen molar-refractivity contribution in [1.29, 1.82) is 0 Å². The lowest BCUT2D eigenvalue weighted by molar-refractivity contribution is -0.179. The first-order chi connectivity index (χ1) is 13.0. The first kappa shape index (κ1) is 17.9. The third-order valence-corrected chi connectivity index (χ3v) is 5.93. The van der Waals surface area contributed by atoms with Crippen LogP contribution in [0.1, 0.15) is 12.8 Å². The molecule has 0 radical (unpaired) electrons. The predicted octanol–water partition coefficient (Wildman–Crippen LogP) is 2.42. The van der Waals surface area contributed by atoms with Crippen LogP contribution in [0.5, 0.6) is 0 Å². The molecule has 1 amide bonds. The molecule has 0 atom stereocenters. The van der Waals surface area contributed by atoms with E-state index < -0.39 is 21.8 Å². The normalized spacial score (nSPS) is 16.0. The number of hydrogen-bond acceptors (Lipinski definition) is 6. The number of ether oxygens (including phenoxy) is 1. The Labute approximate surface area is 155 Å². The van der Waals surface area contributed by atoms with Crippen LogP contribution < -0.4 is 4.83 Å². The number of fused-ring (bicyclic) bond motifs is 3. The standard InChI is InChI=1S/C18H18N2O6S/c21-18(12-7-9-25-10-8-12)20(22)19-27(23,24)13-5-6-15-14-3-1-2-4-16(14)26-17(15)11-13/h1-6,11-12,19,22H,7-10H2. The Hall–Kier alpha value is -2.46. The lowest BCUT2D eigenvalue weighted by Crippen LogP contribution is -2.47. The number of hydrogen-bond donors (Lipinski definition) is 2. The summed E-state index contributed by atoms with van der Waals surface area (Å²) in [7, 11) is -4.16. The van der Waals surface area contributed by atoms with Crippen LogP contribution in [-0.2, 0) is 19.6 Å². The Morgan fingerprint density at radius 1 is 1.07 bits per heavy atom. The monoisotopic (exact) mass is 390 g/mol. The molecule has 27 heavy (non-hydrogen) atoms. The molecular weight excluding hydrogens is 372 g/mol. The highest BCUT2D eigenvalue weighted by Crippen LogP contribution is 2.30. The minimum Gasteiger partial charge on any atom is -0.456 e. The fourth-order valence-corrected chi connectivity index (χ4v) is 4.13. The van der Waals surface area contributed by atoms with Crippen LogP contribution in [0.3, 0.4) is 0 Å². The third kappa shape index (κ3) is 3.42. The highest BCUT2D eigenvalue weighted by Gasteiger charge is 2.29. The van der Waals surface area contributed by atoms with E-state index in [-0.39, 0.29) is 10.1 Å². The number of benzene rings is 2. The summed E-state index contributed by atoms with van der Waals surface area (Å²) in [5.74, 6) is -1.18. The van der Waals surface area contributed by atoms with Gasteiger partial charge in [0.15, 0.2) is 0 Å². The van der Waals surface area contributed by atoms with Crippen LogP contribution in [0.25, 0.3) is 21.9 Å². The fraction of sp³-hybridized carbons (Fsp3) is 0.278. The predicted molar refractivity (Wildman–Crippen MR) is 96.2 cm³/mol. The van der Waals surface area contributed by atoms with Gasteiger partial charge in [-0.25, -0.2) is 8.42 Å². The van der Waals surface area contributed by atoms with E-state index in [4.69, 9.17) is 9.15 Å². The Bertz CT molecular complexity index is 1100. The van der Waals surface area contributed by atoms with Gasteiger partial charge in [-0.3, -0.25) is 10.0 Å². The number of furan rings is 1. The van der Waals surface area contributed by atoms with E-state index in [1.54, 1.807) is 12.1 Å². The van der Waals surface area contributed by atoms with Gasteiger partial charge in [0.1, 0.15) is 11.2 Å². The van der Waals surface area contributed by atoms with Crippen LogP contribution in [0.15, 0.2) is 51.8 Å². The molecule has 0 bridgehead atoms. The first-order valence-corrected chi connectivity index (χ1v) is 9.98. The van der Waals surface area contributed by atoms with Crippen molar-refractivity contribution < 1.29 is 27.6 Å². The molecule has 0 saturated carbocycles. The molecule has 8 nitrogen and oxygen atoms in total. The summed E-state index contributed by atoms with van der Waals surface area (Å²) in [5.41, 5.74) is 1.05. The molecule has 2 heterocycles. The summed E-state index contributed by atoms with van der Waals surface area (Å²) in [5, 5.41) is 11.6. The second-order valence-electron chi connectivity index (χ2n) is 6.39. The zero-order valence-electron chi connectivity index (χ0n) is 14.3. The van der Waals surface area contributed by atoms with Crippen molar-refractivity contribution in [2.24, 2.45) is 5.92 Å². The van der Waals surface area contributed by atoms with E-state index in [9.17, 15) is 18.4 Å². The lowest BCUT2D eigenvalue weighted by Gasteiger charge is -2.24. The van der Waals surface area contributed by atoms with E-state index in [0.717, 1.165) is 10.8 Å². The number of carbonyl (C=O) groups excluding carboxylic acids is 1. The van der Waals surface area contributed by atoms with Crippen LogP contribution in [0.2, 0.25) is 0 Å². The number of amides is 1. The SMILES string of the molecule is O=C(C1CCOCC1)N(O)NS(=O)(=O)c1ccc2c(c1)oc1ccccc12. The van der Waals surface area contributed by atoms with Crippen molar-refractivity contribution >= 4 is 37.9 Å². The molecule has 2 aromatic carbocycles. The minimum atomic E-state index is -4.16. The van der Waals surface area contributed by atoms with Gasteiger partial charge in [-0.15, -0.1) is 5.17 Å². The Morgan fingerprint density at radius 2 is 1.78 bits per heavy atom. The third-order valence-electron chi connectivity index (χ3n) is 4.65. The van der Waals surface area contributed by atoms with Gasteiger partial charge < -0.3 is 9.15 Å². The number of para-hydroxylation sites is 1. The van der Waals surface area contributed by atoms with Gasteiger partial charge in [0.05, 0.1) is 4.90 Å². The average molecular weight is 390 g/mol. The molecule has 4 rings (SSSR count). The number of hydrazine groups is 1. The topological polar surface area (TPSA) is 109 Å². The lowest BCUT2D eigenvalue weighted by atomic mass is 10.00. The van der Waals surface area contributed by atoms with E-state index in [1.165, 1.54) is 12.1 Å². The summed E-state index contributed by atoms with van der Waals surface area (Å²) >= 11 is 0. The van der Waals surface area contributed by atoms with E-state index >= 15 is 0 Å². The van der Waals surface area contributed by atoms with E-state index in [0.29, 0.717) is 37.2 Å². The van der Waals surface area contributed by atoms with Crippen molar-refractivity contribution in [2.45, 2.75) is 17.7 Å². The number of nitrogens with zero attached hydrogens (tertiary/aromatic N) is 1. The van der Waals surface area contributed by atoms with Gasteiger partial charge in [-0.05, 0) is 31.0 Å². The second kappa shape index (κ2) is 6.93. The van der Waals surface area contributed by atoms with Crippen molar-refractivity contribution in [1.82, 2.24) is 10.0 Å². The first-order valence-electron chi connectivity index (χ1n) is 8.50. The molecule has 9 heteroatoms. The molecule has 1 saturated heterocycles. The molecule has 142 valence electrons. The number of rotatable bonds is 4. The van der Waals surface area contributed by atoms with Crippen LogP contribution >= 0.6 is 0 Å². The maximum absolute atomic E-state index is 12.6. The van der Waals surface area contributed by atoms with Crippen LogP contribution in [0, 0.1) is 5.92 Å². The highest BCUT2D eigenvalue weighted by molar-refractivity contribution is 7.89. The van der Waals surface area contributed by atoms with E-state index in [2.05, 4.69) is 0 Å². The van der Waals surface area contributed by atoms with Gasteiger partial charge in [-0.2, -0.15) is 0 Å². The Kier molecular flexibility index (Phi) is 4.60. The van der Waals surface area contributed by atoms with Crippen molar-refractivity contribution in [3.63, 3.8) is 0 Å². The Morgan fingerprint density at radius 3 is 2.56 bits per heavy atom. The van der Waals surface area contributed by atoms with Crippen molar-refractivity contribution in [3.05, 3.63) is 42.5 Å². The zero-order chi connectivity index (χ0) is 19.0. The molecule has 0 aliphatic carbocycles. The highest BCUT2D eigenvalue weighted by atomic mass is 32.2. The average Bonchev–Trinajstić information content (AvgIpc) is 3.05. The quantitative estimate of drug-likeness (QED) is 0.523. The summed E-state index contributed by atoms with van der Waals surface area (Å²) in [6.07, 6.45) is 0.866. The molecule has 3 aromatic rings. The van der Waals surface area contributed by atoms with Gasteiger partial charge >= 0.3 is 0 Å². The maximum Gasteiger partial charge on any atom is 0.265 e. The molecule has 2 N–H and O–H groups in total. The fourth-order valence-electron chi connectivity index (χ4n) is 3.20. The molecule has 0 spiro atoms. The van der Waals surface area contributed by atoms with E-state index in [1.807, 2.05) is 23.0 Å². The second-order valence-corrected chi connectivity index (χ2v) is 8.05. The molecule has 1 fully saturated rings. The summed E-state index contributed by atoms with van der Waals surface area (Å²) in [6.45, 7) is 0.805. The molecule has 1 aliphatic heterocycles. The summed E-state index contributed by atoms with van der Waals surface area (Å²) < 4.78 is 36.0. The molecule has 1 aliphatic rings. The van der Waals surface area contributed by atoms with Gasteiger partial charge in [-0.1, -0.05) is 23.0 Å². The molecular formula is C18H18N2O6S. The number of carbonyl (C=O) groups is 1. The van der Waals surface area contributed by atoms with Gasteiger partial charge in [0.2, 0.25) is 0 Å². The number of sulfonamides is 1. The maximum atomic E-state index is 12.6. The smallest absolute Gasteiger partial charge is 0.265 e. The summed E-state index contributed by atoms with van der Waals surface area (Å²) in [6, 6.07) is 11.8. The molecule has 0 unspecified atom stereocenters. The van der Waals surface area contributed by atoms with Gasteiger partial charge in [0, 0.05) is 36.0 Å². The zero-order valence-corrected chi connectivity index (χ0v) is 15.1. The van der Waals surface area contributed by atoms with Crippen LogP contribution in [-0.4, -0.2) is 37.9 Å². The van der Waals surface area contributed by atoms with Crippen molar-refractivity contribution in [3.8, 4) is 0 Å². The van der Waals surface area contributed by atoms with Crippen LogP contribution in [0.4, 0.5) is 0 Å².